The lowest BCUT2D eigenvalue weighted by atomic mass is 10.1. The van der Waals surface area contributed by atoms with E-state index >= 15 is 0 Å². The molecule has 0 aliphatic rings. The first kappa shape index (κ1) is 16.5. The molecular formula is C17H20FNO2S. The van der Waals surface area contributed by atoms with Gasteiger partial charge in [0.05, 0.1) is 5.75 Å². The van der Waals surface area contributed by atoms with Gasteiger partial charge in [0.15, 0.2) is 0 Å². The van der Waals surface area contributed by atoms with E-state index in [9.17, 15) is 12.8 Å². The Bertz CT molecular complexity index is 709. The van der Waals surface area contributed by atoms with Crippen molar-refractivity contribution in [3.05, 3.63) is 65.5 Å². The van der Waals surface area contributed by atoms with E-state index in [0.29, 0.717) is 6.42 Å². The van der Waals surface area contributed by atoms with E-state index in [1.807, 2.05) is 31.2 Å². The summed E-state index contributed by atoms with van der Waals surface area (Å²) >= 11 is 0. The highest BCUT2D eigenvalue weighted by atomic mass is 32.2. The minimum atomic E-state index is -2.94. The summed E-state index contributed by atoms with van der Waals surface area (Å²) in [6.07, 6.45) is 1.76. The van der Waals surface area contributed by atoms with Gasteiger partial charge >= 0.3 is 0 Å². The second kappa shape index (κ2) is 6.92. The number of rotatable bonds is 6. The van der Waals surface area contributed by atoms with E-state index in [2.05, 4.69) is 5.32 Å². The molecule has 5 heteroatoms. The number of halogens is 1. The largest absolute Gasteiger partial charge is 0.379 e. The van der Waals surface area contributed by atoms with Crippen molar-refractivity contribution < 1.29 is 12.8 Å². The van der Waals surface area contributed by atoms with E-state index in [4.69, 9.17) is 0 Å². The summed E-state index contributed by atoms with van der Waals surface area (Å²) in [6, 6.07) is 14.2. The number of hydrogen-bond acceptors (Lipinski definition) is 3. The number of aryl methyl sites for hydroxylation is 1. The van der Waals surface area contributed by atoms with Crippen LogP contribution in [0.2, 0.25) is 0 Å². The zero-order valence-corrected chi connectivity index (χ0v) is 13.5. The summed E-state index contributed by atoms with van der Waals surface area (Å²) in [5.41, 5.74) is 2.94. The lowest BCUT2D eigenvalue weighted by molar-refractivity contribution is 0.601. The van der Waals surface area contributed by atoms with Crippen LogP contribution >= 0.6 is 0 Å². The van der Waals surface area contributed by atoms with Gasteiger partial charge in [-0.2, -0.15) is 0 Å². The fourth-order valence-electron chi connectivity index (χ4n) is 2.16. The van der Waals surface area contributed by atoms with Gasteiger partial charge in [0, 0.05) is 18.0 Å². The van der Waals surface area contributed by atoms with Crippen LogP contribution in [0.3, 0.4) is 0 Å². The van der Waals surface area contributed by atoms with Crippen LogP contribution in [0.4, 0.5) is 10.1 Å². The Kier molecular flexibility index (Phi) is 5.19. The molecule has 0 unspecified atom stereocenters. The van der Waals surface area contributed by atoms with Gasteiger partial charge in [-0.15, -0.1) is 0 Å². The van der Waals surface area contributed by atoms with Crippen LogP contribution in [0.15, 0.2) is 48.5 Å². The number of hydrogen-bond donors (Lipinski definition) is 1. The number of benzene rings is 2. The molecule has 2 rings (SSSR count). The summed E-state index contributed by atoms with van der Waals surface area (Å²) in [4.78, 5) is 0. The van der Waals surface area contributed by atoms with Crippen molar-refractivity contribution in [2.75, 3.05) is 17.3 Å². The minimum absolute atomic E-state index is 0.0578. The maximum Gasteiger partial charge on any atom is 0.147 e. The third-order valence-electron chi connectivity index (χ3n) is 3.47. The highest BCUT2D eigenvalue weighted by Crippen LogP contribution is 2.20. The van der Waals surface area contributed by atoms with Crippen LogP contribution in [0, 0.1) is 5.82 Å². The van der Waals surface area contributed by atoms with E-state index in [1.54, 1.807) is 12.1 Å². The maximum atomic E-state index is 12.9. The maximum absolute atomic E-state index is 12.9. The first-order valence-corrected chi connectivity index (χ1v) is 9.18. The molecule has 0 radical (unpaired) electrons. The van der Waals surface area contributed by atoms with Gasteiger partial charge in [-0.3, -0.25) is 0 Å². The predicted molar refractivity (Wildman–Crippen MR) is 88.3 cm³/mol. The quantitative estimate of drug-likeness (QED) is 0.884. The second-order valence-electron chi connectivity index (χ2n) is 5.49. The zero-order chi connectivity index (χ0) is 16.2. The van der Waals surface area contributed by atoms with E-state index in [-0.39, 0.29) is 17.6 Å². The lowest BCUT2D eigenvalue weighted by Gasteiger charge is -2.16. The normalized spacial score (nSPS) is 12.9. The molecule has 0 saturated carbocycles. The topological polar surface area (TPSA) is 46.2 Å². The molecule has 3 nitrogen and oxygen atoms in total. The number of sulfone groups is 1. The van der Waals surface area contributed by atoms with Crippen molar-refractivity contribution in [3.63, 3.8) is 0 Å². The highest BCUT2D eigenvalue weighted by Gasteiger charge is 2.06. The molecule has 0 amide bonds. The fraction of sp³-hybridized carbons (Fsp3) is 0.294. The van der Waals surface area contributed by atoms with Gasteiger partial charge in [0.1, 0.15) is 15.7 Å². The van der Waals surface area contributed by atoms with Gasteiger partial charge in [-0.1, -0.05) is 24.3 Å². The summed E-state index contributed by atoms with van der Waals surface area (Å²) in [5.74, 6) is -0.0858. The molecule has 1 atom stereocenters. The lowest BCUT2D eigenvalue weighted by Crippen LogP contribution is -2.07. The molecule has 0 aliphatic heterocycles. The standard InChI is InChI=1S/C17H20FNO2S/c1-13(15-5-7-16(18)8-6-15)19-17-9-3-14(4-10-17)11-12-22(2,20)21/h3-10,13,19H,11-12H2,1-2H3/t13-/m0/s1. The molecule has 1 N–H and O–H groups in total. The van der Waals surface area contributed by atoms with E-state index in [0.717, 1.165) is 16.8 Å². The molecule has 2 aromatic rings. The summed E-state index contributed by atoms with van der Waals surface area (Å²) in [5, 5.41) is 3.34. The van der Waals surface area contributed by atoms with Gasteiger partial charge in [0.2, 0.25) is 0 Å². The minimum Gasteiger partial charge on any atom is -0.379 e. The molecule has 2 aromatic carbocycles. The molecule has 0 heterocycles. The van der Waals surface area contributed by atoms with Crippen molar-refractivity contribution in [2.45, 2.75) is 19.4 Å². The summed E-state index contributed by atoms with van der Waals surface area (Å²) < 4.78 is 35.2. The number of anilines is 1. The Morgan fingerprint density at radius 2 is 1.64 bits per heavy atom. The molecule has 0 bridgehead atoms. The van der Waals surface area contributed by atoms with Crippen LogP contribution in [0.1, 0.15) is 24.1 Å². The smallest absolute Gasteiger partial charge is 0.147 e. The van der Waals surface area contributed by atoms with Gasteiger partial charge < -0.3 is 5.32 Å². The number of nitrogens with one attached hydrogen (secondary N) is 1. The van der Waals surface area contributed by atoms with Crippen molar-refractivity contribution >= 4 is 15.5 Å². The van der Waals surface area contributed by atoms with Crippen molar-refractivity contribution in [1.29, 1.82) is 0 Å². The molecule has 0 aliphatic carbocycles. The molecule has 0 spiro atoms. The third kappa shape index (κ3) is 5.15. The molecule has 0 fully saturated rings. The molecule has 0 saturated heterocycles. The summed E-state index contributed by atoms with van der Waals surface area (Å²) in [6.45, 7) is 2.00. The van der Waals surface area contributed by atoms with Crippen molar-refractivity contribution in [1.82, 2.24) is 0 Å². The molecule has 22 heavy (non-hydrogen) atoms. The first-order chi connectivity index (χ1) is 10.3. The fourth-order valence-corrected chi connectivity index (χ4v) is 2.76. The van der Waals surface area contributed by atoms with E-state index < -0.39 is 9.84 Å². The van der Waals surface area contributed by atoms with Crippen LogP contribution in [-0.4, -0.2) is 20.4 Å². The zero-order valence-electron chi connectivity index (χ0n) is 12.7. The highest BCUT2D eigenvalue weighted by molar-refractivity contribution is 7.90. The molecule has 118 valence electrons. The average Bonchev–Trinajstić information content (AvgIpc) is 2.46. The molecular weight excluding hydrogens is 301 g/mol. The Morgan fingerprint density at radius 3 is 2.18 bits per heavy atom. The first-order valence-electron chi connectivity index (χ1n) is 7.12. The summed E-state index contributed by atoms with van der Waals surface area (Å²) in [7, 11) is -2.94. The van der Waals surface area contributed by atoms with Crippen LogP contribution in [-0.2, 0) is 16.3 Å². The molecule has 0 aromatic heterocycles. The SMILES string of the molecule is C[C@H](Nc1ccc(CCS(C)(=O)=O)cc1)c1ccc(F)cc1. The van der Waals surface area contributed by atoms with Gasteiger partial charge in [-0.05, 0) is 48.7 Å². The average molecular weight is 321 g/mol. The second-order valence-corrected chi connectivity index (χ2v) is 7.75. The van der Waals surface area contributed by atoms with Crippen molar-refractivity contribution in [2.24, 2.45) is 0 Å². The van der Waals surface area contributed by atoms with Crippen molar-refractivity contribution in [3.8, 4) is 0 Å². The Morgan fingerprint density at radius 1 is 1.05 bits per heavy atom. The Hall–Kier alpha value is -1.88. The monoisotopic (exact) mass is 321 g/mol. The Balaban J connectivity index is 1.97. The van der Waals surface area contributed by atoms with Crippen LogP contribution < -0.4 is 5.32 Å². The van der Waals surface area contributed by atoms with Crippen LogP contribution in [0.5, 0.6) is 0 Å². The third-order valence-corrected chi connectivity index (χ3v) is 4.41. The van der Waals surface area contributed by atoms with Crippen LogP contribution in [0.25, 0.3) is 0 Å². The van der Waals surface area contributed by atoms with Gasteiger partial charge in [0.25, 0.3) is 0 Å². The Labute approximate surface area is 131 Å². The van der Waals surface area contributed by atoms with E-state index in [1.165, 1.54) is 18.4 Å². The van der Waals surface area contributed by atoms with Gasteiger partial charge in [-0.25, -0.2) is 12.8 Å². The predicted octanol–water partition coefficient (Wildman–Crippen LogP) is 3.59.